The maximum Gasteiger partial charge on any atom is 0.225 e. The summed E-state index contributed by atoms with van der Waals surface area (Å²) in [4.78, 5) is 11.7. The Morgan fingerprint density at radius 2 is 2.06 bits per heavy atom. The molecule has 0 saturated carbocycles. The first-order chi connectivity index (χ1) is 8.13. The van der Waals surface area contributed by atoms with Gasteiger partial charge in [0.25, 0.3) is 0 Å². The van der Waals surface area contributed by atoms with Crippen LogP contribution in [0.3, 0.4) is 0 Å². The molecule has 0 aliphatic carbocycles. The Hall–Kier alpha value is -0.540. The first kappa shape index (κ1) is 14.5. The lowest BCUT2D eigenvalue weighted by Crippen LogP contribution is -2.15. The van der Waals surface area contributed by atoms with Crippen molar-refractivity contribution in [2.45, 2.75) is 33.1 Å². The first-order valence-electron chi connectivity index (χ1n) is 5.80. The van der Waals surface area contributed by atoms with Crippen molar-refractivity contribution >= 4 is 39.1 Å². The molecule has 17 heavy (non-hydrogen) atoms. The summed E-state index contributed by atoms with van der Waals surface area (Å²) >= 11 is 9.42. The molecule has 1 aromatic rings. The summed E-state index contributed by atoms with van der Waals surface area (Å²) in [5.41, 5.74) is 3.05. The molecule has 0 radical (unpaired) electrons. The second-order valence-electron chi connectivity index (χ2n) is 3.75. The molecule has 0 atom stereocenters. The third-order valence-electron chi connectivity index (χ3n) is 2.66. The van der Waals surface area contributed by atoms with Gasteiger partial charge in [-0.15, -0.1) is 0 Å². The topological polar surface area (TPSA) is 29.1 Å². The zero-order valence-electron chi connectivity index (χ0n) is 10.1. The number of halogens is 2. The van der Waals surface area contributed by atoms with Crippen LogP contribution in [0.25, 0.3) is 0 Å². The number of nitrogens with one attached hydrogen (secondary N) is 1. The Morgan fingerprint density at radius 3 is 2.59 bits per heavy atom. The number of hydrogen-bond acceptors (Lipinski definition) is 1. The Bertz CT molecular complexity index is 407. The molecule has 0 spiro atoms. The number of benzene rings is 1. The predicted molar refractivity (Wildman–Crippen MR) is 77.2 cm³/mol. The summed E-state index contributed by atoms with van der Waals surface area (Å²) in [5, 5.41) is 4.36. The Balaban J connectivity index is 3.09. The van der Waals surface area contributed by atoms with Crippen molar-refractivity contribution in [1.82, 2.24) is 0 Å². The molecular formula is C13H17BrClNO. The molecule has 94 valence electrons. The molecule has 2 nitrogen and oxygen atoms in total. The van der Waals surface area contributed by atoms with Crippen molar-refractivity contribution < 1.29 is 4.79 Å². The average Bonchev–Trinajstić information content (AvgIpc) is 2.30. The maximum atomic E-state index is 11.7. The molecule has 4 heteroatoms. The van der Waals surface area contributed by atoms with Crippen LogP contribution in [0, 0.1) is 0 Å². The minimum Gasteiger partial charge on any atom is -0.326 e. The second kappa shape index (κ2) is 7.02. The monoisotopic (exact) mass is 317 g/mol. The highest BCUT2D eigenvalue weighted by Gasteiger charge is 2.12. The van der Waals surface area contributed by atoms with E-state index in [0.717, 1.165) is 34.7 Å². The number of amides is 1. The average molecular weight is 319 g/mol. The molecule has 1 amide bonds. The SMILES string of the molecule is CCc1ccc(Cl)c(CC)c1NC(=O)CCBr. The smallest absolute Gasteiger partial charge is 0.225 e. The number of aryl methyl sites for hydroxylation is 1. The van der Waals surface area contributed by atoms with E-state index in [0.29, 0.717) is 11.8 Å². The largest absolute Gasteiger partial charge is 0.326 e. The summed E-state index contributed by atoms with van der Waals surface area (Å²) in [6, 6.07) is 3.88. The highest BCUT2D eigenvalue weighted by Crippen LogP contribution is 2.29. The van der Waals surface area contributed by atoms with E-state index in [9.17, 15) is 4.79 Å². The lowest BCUT2D eigenvalue weighted by Gasteiger charge is -2.15. The van der Waals surface area contributed by atoms with Crippen molar-refractivity contribution in [1.29, 1.82) is 0 Å². The van der Waals surface area contributed by atoms with Crippen LogP contribution in [-0.4, -0.2) is 11.2 Å². The molecule has 0 aromatic heterocycles. The number of carbonyl (C=O) groups excluding carboxylic acids is 1. The van der Waals surface area contributed by atoms with Gasteiger partial charge in [-0.05, 0) is 30.0 Å². The van der Waals surface area contributed by atoms with Crippen LogP contribution in [0.15, 0.2) is 12.1 Å². The standard InChI is InChI=1S/C13H17BrClNO/c1-3-9-5-6-11(15)10(4-2)13(9)16-12(17)7-8-14/h5-6H,3-4,7-8H2,1-2H3,(H,16,17). The number of carbonyl (C=O) groups is 1. The number of rotatable bonds is 5. The molecule has 0 saturated heterocycles. The highest BCUT2D eigenvalue weighted by molar-refractivity contribution is 9.09. The van der Waals surface area contributed by atoms with E-state index in [2.05, 4.69) is 28.2 Å². The number of hydrogen-bond donors (Lipinski definition) is 1. The predicted octanol–water partition coefficient (Wildman–Crippen LogP) is 4.19. The van der Waals surface area contributed by atoms with Crippen LogP contribution >= 0.6 is 27.5 Å². The van der Waals surface area contributed by atoms with Gasteiger partial charge in [-0.1, -0.05) is 47.4 Å². The van der Waals surface area contributed by atoms with Gasteiger partial charge in [0, 0.05) is 22.5 Å². The quantitative estimate of drug-likeness (QED) is 0.810. The van der Waals surface area contributed by atoms with Crippen LogP contribution in [0.4, 0.5) is 5.69 Å². The van der Waals surface area contributed by atoms with E-state index in [1.165, 1.54) is 0 Å². The molecule has 0 bridgehead atoms. The third kappa shape index (κ3) is 3.71. The van der Waals surface area contributed by atoms with E-state index < -0.39 is 0 Å². The van der Waals surface area contributed by atoms with Crippen LogP contribution in [-0.2, 0) is 17.6 Å². The molecule has 0 unspecified atom stereocenters. The summed E-state index contributed by atoms with van der Waals surface area (Å²) in [5.74, 6) is 0.0218. The minimum atomic E-state index is 0.0218. The minimum absolute atomic E-state index is 0.0218. The van der Waals surface area contributed by atoms with E-state index in [1.807, 2.05) is 19.1 Å². The lowest BCUT2D eigenvalue weighted by molar-refractivity contribution is -0.115. The molecule has 1 aromatic carbocycles. The summed E-state index contributed by atoms with van der Waals surface area (Å²) in [6.45, 7) is 4.11. The van der Waals surface area contributed by atoms with Gasteiger partial charge in [0.05, 0.1) is 0 Å². The van der Waals surface area contributed by atoms with Gasteiger partial charge < -0.3 is 5.32 Å². The first-order valence-corrected chi connectivity index (χ1v) is 7.30. The summed E-state index contributed by atoms with van der Waals surface area (Å²) < 4.78 is 0. The van der Waals surface area contributed by atoms with E-state index in [1.54, 1.807) is 0 Å². The normalized spacial score (nSPS) is 10.4. The Morgan fingerprint density at radius 1 is 1.35 bits per heavy atom. The second-order valence-corrected chi connectivity index (χ2v) is 4.95. The number of anilines is 1. The zero-order valence-corrected chi connectivity index (χ0v) is 12.5. The molecule has 0 aliphatic heterocycles. The Kier molecular flexibility index (Phi) is 6.00. The Labute approximate surface area is 116 Å². The molecule has 0 fully saturated rings. The van der Waals surface area contributed by atoms with Crippen LogP contribution < -0.4 is 5.32 Å². The fraction of sp³-hybridized carbons (Fsp3) is 0.462. The maximum absolute atomic E-state index is 11.7. The third-order valence-corrected chi connectivity index (χ3v) is 3.41. The van der Waals surface area contributed by atoms with Crippen molar-refractivity contribution in [3.63, 3.8) is 0 Å². The highest BCUT2D eigenvalue weighted by atomic mass is 79.9. The lowest BCUT2D eigenvalue weighted by atomic mass is 10.0. The van der Waals surface area contributed by atoms with Gasteiger partial charge in [-0.2, -0.15) is 0 Å². The van der Waals surface area contributed by atoms with Gasteiger partial charge in [0.2, 0.25) is 5.91 Å². The van der Waals surface area contributed by atoms with Gasteiger partial charge in [-0.3, -0.25) is 4.79 Å². The number of alkyl halides is 1. The fourth-order valence-electron chi connectivity index (χ4n) is 1.75. The van der Waals surface area contributed by atoms with Gasteiger partial charge in [-0.25, -0.2) is 0 Å². The molecule has 0 heterocycles. The van der Waals surface area contributed by atoms with Crippen LogP contribution in [0.2, 0.25) is 5.02 Å². The van der Waals surface area contributed by atoms with Gasteiger partial charge >= 0.3 is 0 Å². The van der Waals surface area contributed by atoms with Crippen molar-refractivity contribution in [3.8, 4) is 0 Å². The summed E-state index contributed by atoms with van der Waals surface area (Å²) in [6.07, 6.45) is 2.17. The van der Waals surface area contributed by atoms with Gasteiger partial charge in [0.15, 0.2) is 0 Å². The molecule has 1 rings (SSSR count). The van der Waals surface area contributed by atoms with Crippen LogP contribution in [0.1, 0.15) is 31.4 Å². The molecule has 0 aliphatic rings. The van der Waals surface area contributed by atoms with E-state index in [-0.39, 0.29) is 5.91 Å². The van der Waals surface area contributed by atoms with E-state index >= 15 is 0 Å². The van der Waals surface area contributed by atoms with E-state index in [4.69, 9.17) is 11.6 Å². The van der Waals surface area contributed by atoms with Crippen molar-refractivity contribution in [2.75, 3.05) is 10.6 Å². The summed E-state index contributed by atoms with van der Waals surface area (Å²) in [7, 11) is 0. The van der Waals surface area contributed by atoms with Crippen molar-refractivity contribution in [3.05, 3.63) is 28.3 Å². The molecule has 1 N–H and O–H groups in total. The van der Waals surface area contributed by atoms with Crippen LogP contribution in [0.5, 0.6) is 0 Å². The van der Waals surface area contributed by atoms with Gasteiger partial charge in [0.1, 0.15) is 0 Å². The van der Waals surface area contributed by atoms with Crippen molar-refractivity contribution in [2.24, 2.45) is 0 Å². The fourth-order valence-corrected chi connectivity index (χ4v) is 2.41. The zero-order chi connectivity index (χ0) is 12.8. The molecular weight excluding hydrogens is 302 g/mol.